The third-order valence-electron chi connectivity index (χ3n) is 3.38. The average Bonchev–Trinajstić information content (AvgIpc) is 2.27. The molecule has 0 aromatic heterocycles. The second-order valence-corrected chi connectivity index (χ2v) is 4.93. The predicted molar refractivity (Wildman–Crippen MR) is 63.0 cm³/mol. The summed E-state index contributed by atoms with van der Waals surface area (Å²) in [5, 5.41) is 37.3. The summed E-state index contributed by atoms with van der Waals surface area (Å²) in [5.41, 5.74) is -0.0235. The second-order valence-electron chi connectivity index (χ2n) is 4.93. The highest BCUT2D eigenvalue weighted by Crippen LogP contribution is 2.33. The Morgan fingerprint density at radius 2 is 1.62 bits per heavy atom. The maximum absolute atomic E-state index is 9.79. The van der Waals surface area contributed by atoms with Crippen molar-refractivity contribution in [3.63, 3.8) is 0 Å². The fourth-order valence-corrected chi connectivity index (χ4v) is 2.02. The molecule has 0 aromatic carbocycles. The number of hydrogen-bond donors (Lipinski definition) is 4. The van der Waals surface area contributed by atoms with Crippen molar-refractivity contribution in [1.82, 2.24) is 0 Å². The van der Waals surface area contributed by atoms with E-state index < -0.39 is 24.9 Å². The van der Waals surface area contributed by atoms with Gasteiger partial charge in [-0.3, -0.25) is 0 Å². The Kier molecular flexibility index (Phi) is 7.15. The maximum Gasteiger partial charge on any atom is 0.108 e. The minimum Gasteiger partial charge on any atom is -0.394 e. The molecule has 4 nitrogen and oxygen atoms in total. The van der Waals surface area contributed by atoms with Crippen LogP contribution in [0.15, 0.2) is 0 Å². The van der Waals surface area contributed by atoms with E-state index in [-0.39, 0.29) is 5.41 Å². The molecule has 4 heteroatoms. The van der Waals surface area contributed by atoms with E-state index in [9.17, 15) is 15.3 Å². The van der Waals surface area contributed by atoms with Gasteiger partial charge in [-0.1, -0.05) is 33.6 Å². The van der Waals surface area contributed by atoms with E-state index in [1.165, 1.54) is 0 Å². The summed E-state index contributed by atoms with van der Waals surface area (Å²) < 4.78 is 0. The first-order chi connectivity index (χ1) is 7.40. The molecule has 0 rings (SSSR count). The molecule has 0 radical (unpaired) electrons. The Morgan fingerprint density at radius 1 is 1.06 bits per heavy atom. The predicted octanol–water partition coefficient (Wildman–Crippen LogP) is 0.668. The van der Waals surface area contributed by atoms with Crippen molar-refractivity contribution in [2.45, 2.75) is 64.8 Å². The molecule has 4 atom stereocenters. The van der Waals surface area contributed by atoms with Gasteiger partial charge in [0, 0.05) is 0 Å². The van der Waals surface area contributed by atoms with Crippen molar-refractivity contribution in [1.29, 1.82) is 0 Å². The third kappa shape index (κ3) is 4.78. The van der Waals surface area contributed by atoms with E-state index in [4.69, 9.17) is 5.11 Å². The van der Waals surface area contributed by atoms with Crippen molar-refractivity contribution in [3.05, 3.63) is 0 Å². The third-order valence-corrected chi connectivity index (χ3v) is 3.38. The first kappa shape index (κ1) is 15.8. The van der Waals surface area contributed by atoms with Crippen molar-refractivity contribution in [2.75, 3.05) is 6.61 Å². The fourth-order valence-electron chi connectivity index (χ4n) is 2.02. The van der Waals surface area contributed by atoms with Crippen LogP contribution in [0.1, 0.15) is 46.5 Å². The molecule has 16 heavy (non-hydrogen) atoms. The van der Waals surface area contributed by atoms with Crippen molar-refractivity contribution < 1.29 is 20.4 Å². The van der Waals surface area contributed by atoms with Crippen molar-refractivity contribution >= 4 is 0 Å². The summed E-state index contributed by atoms with van der Waals surface area (Å²) >= 11 is 0. The average molecular weight is 234 g/mol. The Bertz CT molecular complexity index is 186. The van der Waals surface area contributed by atoms with Crippen LogP contribution in [0.2, 0.25) is 0 Å². The number of rotatable bonds is 8. The van der Waals surface area contributed by atoms with E-state index in [0.29, 0.717) is 6.42 Å². The van der Waals surface area contributed by atoms with Crippen molar-refractivity contribution in [2.24, 2.45) is 5.41 Å². The van der Waals surface area contributed by atoms with E-state index >= 15 is 0 Å². The number of hydrogen-bond acceptors (Lipinski definition) is 4. The molecule has 0 aliphatic rings. The molecule has 4 unspecified atom stereocenters. The summed E-state index contributed by atoms with van der Waals surface area (Å²) in [4.78, 5) is 0. The van der Waals surface area contributed by atoms with Gasteiger partial charge in [0.1, 0.15) is 12.2 Å². The summed E-state index contributed by atoms with van der Waals surface area (Å²) in [6.45, 7) is 5.67. The van der Waals surface area contributed by atoms with Gasteiger partial charge in [0.25, 0.3) is 0 Å². The molecule has 0 saturated carbocycles. The fraction of sp³-hybridized carbons (Fsp3) is 1.00. The lowest BCUT2D eigenvalue weighted by atomic mass is 9.77. The van der Waals surface area contributed by atoms with Crippen LogP contribution in [0.5, 0.6) is 0 Å². The number of aliphatic hydroxyl groups is 4. The summed E-state index contributed by atoms with van der Waals surface area (Å²) in [6.07, 6.45) is -0.169. The topological polar surface area (TPSA) is 80.9 Å². The Balaban J connectivity index is 4.34. The quantitative estimate of drug-likeness (QED) is 0.497. The summed E-state index contributed by atoms with van der Waals surface area (Å²) in [6, 6.07) is 0. The molecule has 0 aromatic rings. The summed E-state index contributed by atoms with van der Waals surface area (Å²) in [5.74, 6) is 0. The molecule has 98 valence electrons. The van der Waals surface area contributed by atoms with Gasteiger partial charge in [0.15, 0.2) is 0 Å². The standard InChI is InChI=1S/C12H26O4/c1-4-6-12(3,5-2)7-9(14)11(16)10(15)8-13/h9-11,13-16H,4-8H2,1-3H3. The van der Waals surface area contributed by atoms with Gasteiger partial charge in [-0.2, -0.15) is 0 Å². The molecule has 0 bridgehead atoms. The molecule has 0 aliphatic heterocycles. The molecule has 0 heterocycles. The lowest BCUT2D eigenvalue weighted by molar-refractivity contribution is -0.0891. The minimum absolute atomic E-state index is 0.0235. The molecule has 4 N–H and O–H groups in total. The van der Waals surface area contributed by atoms with Gasteiger partial charge >= 0.3 is 0 Å². The molecule has 0 spiro atoms. The number of aliphatic hydroxyl groups excluding tert-OH is 4. The van der Waals surface area contributed by atoms with E-state index in [1.54, 1.807) is 0 Å². The highest BCUT2D eigenvalue weighted by atomic mass is 16.4. The second kappa shape index (κ2) is 7.22. The van der Waals surface area contributed by atoms with Crippen LogP contribution in [0.25, 0.3) is 0 Å². The first-order valence-corrected chi connectivity index (χ1v) is 6.05. The van der Waals surface area contributed by atoms with Crippen molar-refractivity contribution in [3.8, 4) is 0 Å². The monoisotopic (exact) mass is 234 g/mol. The van der Waals surface area contributed by atoms with E-state index in [2.05, 4.69) is 20.8 Å². The maximum atomic E-state index is 9.79. The van der Waals surface area contributed by atoms with Crippen LogP contribution in [0, 0.1) is 5.41 Å². The highest BCUT2D eigenvalue weighted by Gasteiger charge is 2.31. The van der Waals surface area contributed by atoms with Crippen LogP contribution in [-0.4, -0.2) is 45.3 Å². The molecule has 0 saturated heterocycles. The van der Waals surface area contributed by atoms with Gasteiger partial charge in [-0.05, 0) is 18.3 Å². The SMILES string of the molecule is CCCC(C)(CC)CC(O)C(O)C(O)CO. The molecular formula is C12H26O4. The molecule has 0 aliphatic carbocycles. The van der Waals surface area contributed by atoms with Gasteiger partial charge < -0.3 is 20.4 Å². The smallest absolute Gasteiger partial charge is 0.108 e. The normalized spacial score (nSPS) is 21.2. The van der Waals surface area contributed by atoms with Crippen LogP contribution in [0.3, 0.4) is 0 Å². The Hall–Kier alpha value is -0.160. The zero-order chi connectivity index (χ0) is 12.8. The Labute approximate surface area is 97.9 Å². The van der Waals surface area contributed by atoms with Gasteiger partial charge in [-0.15, -0.1) is 0 Å². The molecule has 0 fully saturated rings. The molecular weight excluding hydrogens is 208 g/mol. The zero-order valence-corrected chi connectivity index (χ0v) is 10.6. The Morgan fingerprint density at radius 3 is 2.00 bits per heavy atom. The largest absolute Gasteiger partial charge is 0.394 e. The lowest BCUT2D eigenvalue weighted by Crippen LogP contribution is -2.41. The minimum atomic E-state index is -1.27. The van der Waals surface area contributed by atoms with Gasteiger partial charge in [0.2, 0.25) is 0 Å². The highest BCUT2D eigenvalue weighted by molar-refractivity contribution is 4.82. The van der Waals surface area contributed by atoms with Crippen LogP contribution >= 0.6 is 0 Å². The first-order valence-electron chi connectivity index (χ1n) is 6.05. The van der Waals surface area contributed by atoms with Crippen LogP contribution in [0.4, 0.5) is 0 Å². The van der Waals surface area contributed by atoms with E-state index in [1.807, 2.05) is 0 Å². The summed E-state index contributed by atoms with van der Waals surface area (Å²) in [7, 11) is 0. The van der Waals surface area contributed by atoms with Gasteiger partial charge in [-0.25, -0.2) is 0 Å². The van der Waals surface area contributed by atoms with Gasteiger partial charge in [0.05, 0.1) is 12.7 Å². The van der Waals surface area contributed by atoms with Crippen LogP contribution < -0.4 is 0 Å². The zero-order valence-electron chi connectivity index (χ0n) is 10.6. The van der Waals surface area contributed by atoms with Crippen LogP contribution in [-0.2, 0) is 0 Å². The lowest BCUT2D eigenvalue weighted by Gasteiger charge is -2.33. The van der Waals surface area contributed by atoms with E-state index in [0.717, 1.165) is 19.3 Å². The molecule has 0 amide bonds.